The fourth-order valence-electron chi connectivity index (χ4n) is 3.15. The number of nitrogens with one attached hydrogen (secondary N) is 1. The van der Waals surface area contributed by atoms with Crippen LogP contribution in [-0.4, -0.2) is 23.3 Å². The lowest BCUT2D eigenvalue weighted by Crippen LogP contribution is -2.38. The summed E-state index contributed by atoms with van der Waals surface area (Å²) in [5.41, 5.74) is 0.689. The first-order valence-corrected chi connectivity index (χ1v) is 7.30. The summed E-state index contributed by atoms with van der Waals surface area (Å²) in [6.07, 6.45) is 8.50. The van der Waals surface area contributed by atoms with Crippen LogP contribution in [-0.2, 0) is 0 Å². The average molecular weight is 255 g/mol. The van der Waals surface area contributed by atoms with E-state index in [1.165, 1.54) is 38.5 Å². The lowest BCUT2D eigenvalue weighted by Gasteiger charge is -2.39. The van der Waals surface area contributed by atoms with Crippen LogP contribution in [0.3, 0.4) is 0 Å². The summed E-state index contributed by atoms with van der Waals surface area (Å²) < 4.78 is 0.788. The number of H-pyrrole nitrogens is 1. The SMILES string of the molecule is S=c1[nH]nc(N2CCC3(CCCC3)CC2)s1. The number of rotatable bonds is 1. The number of hydrogen-bond acceptors (Lipinski definition) is 4. The van der Waals surface area contributed by atoms with E-state index in [2.05, 4.69) is 15.1 Å². The third-order valence-electron chi connectivity index (χ3n) is 4.19. The van der Waals surface area contributed by atoms with E-state index in [0.29, 0.717) is 5.41 Å². The van der Waals surface area contributed by atoms with E-state index >= 15 is 0 Å². The van der Waals surface area contributed by atoms with Crippen LogP contribution in [0, 0.1) is 9.37 Å². The molecule has 88 valence electrons. The van der Waals surface area contributed by atoms with E-state index in [9.17, 15) is 0 Å². The number of aromatic amines is 1. The van der Waals surface area contributed by atoms with Gasteiger partial charge >= 0.3 is 0 Å². The largest absolute Gasteiger partial charge is 0.347 e. The average Bonchev–Trinajstić information content (AvgIpc) is 2.90. The molecular weight excluding hydrogens is 238 g/mol. The highest BCUT2D eigenvalue weighted by molar-refractivity contribution is 7.73. The molecule has 0 atom stereocenters. The van der Waals surface area contributed by atoms with Gasteiger partial charge in [0.1, 0.15) is 0 Å². The van der Waals surface area contributed by atoms with Gasteiger partial charge in [0.15, 0.2) is 3.95 Å². The van der Waals surface area contributed by atoms with Crippen LogP contribution in [0.1, 0.15) is 38.5 Å². The maximum absolute atomic E-state index is 5.08. The molecule has 0 amide bonds. The van der Waals surface area contributed by atoms with Gasteiger partial charge in [-0.3, -0.25) is 5.10 Å². The van der Waals surface area contributed by atoms with Gasteiger partial charge in [-0.2, -0.15) is 0 Å². The Kier molecular flexibility index (Phi) is 2.75. The van der Waals surface area contributed by atoms with Gasteiger partial charge in [0.05, 0.1) is 0 Å². The number of nitrogens with zero attached hydrogens (tertiary/aromatic N) is 2. The molecule has 2 aliphatic rings. The standard InChI is InChI=1S/C11H17N3S2/c15-10-13-12-9(16-10)14-7-5-11(6-8-14)3-1-2-4-11/h1-8H2,(H,13,15). The molecule has 16 heavy (non-hydrogen) atoms. The minimum atomic E-state index is 0.689. The predicted molar refractivity (Wildman–Crippen MR) is 69.6 cm³/mol. The van der Waals surface area contributed by atoms with Crippen molar-refractivity contribution in [2.45, 2.75) is 38.5 Å². The third-order valence-corrected chi connectivity index (χ3v) is 5.34. The van der Waals surface area contributed by atoms with Crippen LogP contribution in [0.2, 0.25) is 0 Å². The van der Waals surface area contributed by atoms with Crippen molar-refractivity contribution in [2.75, 3.05) is 18.0 Å². The zero-order chi connectivity index (χ0) is 11.0. The first-order valence-electron chi connectivity index (χ1n) is 6.08. The molecule has 3 rings (SSSR count). The van der Waals surface area contributed by atoms with E-state index < -0.39 is 0 Å². The minimum Gasteiger partial charge on any atom is -0.347 e. The van der Waals surface area contributed by atoms with Crippen LogP contribution < -0.4 is 4.90 Å². The highest BCUT2D eigenvalue weighted by Gasteiger charge is 2.37. The lowest BCUT2D eigenvalue weighted by molar-refractivity contribution is 0.226. The first kappa shape index (κ1) is 10.7. The fourth-order valence-corrected chi connectivity index (χ4v) is 4.08. The summed E-state index contributed by atoms with van der Waals surface area (Å²) >= 11 is 6.68. The highest BCUT2D eigenvalue weighted by Crippen LogP contribution is 2.46. The van der Waals surface area contributed by atoms with E-state index in [1.54, 1.807) is 11.3 Å². The second-order valence-corrected chi connectivity index (χ2v) is 6.73. The van der Waals surface area contributed by atoms with Gasteiger partial charge < -0.3 is 4.90 Å². The molecule has 2 heterocycles. The van der Waals surface area contributed by atoms with Crippen molar-refractivity contribution in [3.05, 3.63) is 3.95 Å². The molecule has 1 N–H and O–H groups in total. The predicted octanol–water partition coefficient (Wildman–Crippen LogP) is 3.36. The molecule has 1 saturated carbocycles. The summed E-state index contributed by atoms with van der Waals surface area (Å²) in [6.45, 7) is 2.33. The molecule has 3 nitrogen and oxygen atoms in total. The highest BCUT2D eigenvalue weighted by atomic mass is 32.1. The van der Waals surface area contributed by atoms with Crippen LogP contribution in [0.4, 0.5) is 5.13 Å². The van der Waals surface area contributed by atoms with Crippen LogP contribution in [0.15, 0.2) is 0 Å². The first-order chi connectivity index (χ1) is 7.77. The van der Waals surface area contributed by atoms with Gasteiger partial charge in [-0.25, -0.2) is 0 Å². The third kappa shape index (κ3) is 1.91. The van der Waals surface area contributed by atoms with Crippen LogP contribution in [0.25, 0.3) is 0 Å². The molecule has 5 heteroatoms. The molecule has 1 aromatic heterocycles. The number of anilines is 1. The van der Waals surface area contributed by atoms with Gasteiger partial charge in [-0.15, -0.1) is 5.10 Å². The van der Waals surface area contributed by atoms with Crippen molar-refractivity contribution < 1.29 is 0 Å². The Balaban J connectivity index is 1.68. The van der Waals surface area contributed by atoms with Crippen molar-refractivity contribution in [3.8, 4) is 0 Å². The maximum atomic E-state index is 5.08. The minimum absolute atomic E-state index is 0.689. The summed E-state index contributed by atoms with van der Waals surface area (Å²) in [5.74, 6) is 0. The molecule has 0 radical (unpaired) electrons. The lowest BCUT2D eigenvalue weighted by atomic mass is 9.77. The zero-order valence-corrected chi connectivity index (χ0v) is 11.0. The Morgan fingerprint density at radius 3 is 2.44 bits per heavy atom. The Morgan fingerprint density at radius 2 is 1.88 bits per heavy atom. The van der Waals surface area contributed by atoms with E-state index in [4.69, 9.17) is 12.2 Å². The second-order valence-electron chi connectivity index (χ2n) is 5.09. The zero-order valence-electron chi connectivity index (χ0n) is 9.37. The van der Waals surface area contributed by atoms with Crippen molar-refractivity contribution in [2.24, 2.45) is 5.41 Å². The van der Waals surface area contributed by atoms with Crippen molar-refractivity contribution >= 4 is 28.7 Å². The van der Waals surface area contributed by atoms with Gasteiger partial charge in [-0.05, 0) is 43.3 Å². The molecule has 0 unspecified atom stereocenters. The van der Waals surface area contributed by atoms with Gasteiger partial charge in [0, 0.05) is 13.1 Å². The van der Waals surface area contributed by atoms with E-state index in [1.807, 2.05) is 0 Å². The van der Waals surface area contributed by atoms with Crippen molar-refractivity contribution in [1.29, 1.82) is 0 Å². The number of aromatic nitrogens is 2. The fraction of sp³-hybridized carbons (Fsp3) is 0.818. The smallest absolute Gasteiger partial charge is 0.206 e. The number of piperidine rings is 1. The molecule has 1 aliphatic carbocycles. The Bertz CT molecular complexity index is 407. The molecule has 0 bridgehead atoms. The molecular formula is C11H17N3S2. The molecule has 1 saturated heterocycles. The van der Waals surface area contributed by atoms with Gasteiger partial charge in [0.25, 0.3) is 0 Å². The monoisotopic (exact) mass is 255 g/mol. The Labute approximate surface area is 105 Å². The van der Waals surface area contributed by atoms with Crippen molar-refractivity contribution in [3.63, 3.8) is 0 Å². The Hall–Kier alpha value is -0.420. The van der Waals surface area contributed by atoms with Crippen LogP contribution in [0.5, 0.6) is 0 Å². The van der Waals surface area contributed by atoms with Crippen molar-refractivity contribution in [1.82, 2.24) is 10.2 Å². The summed E-state index contributed by atoms with van der Waals surface area (Å²) in [4.78, 5) is 2.39. The van der Waals surface area contributed by atoms with E-state index in [0.717, 1.165) is 22.2 Å². The summed E-state index contributed by atoms with van der Waals surface area (Å²) in [5, 5.41) is 8.22. The number of hydrogen-bond donors (Lipinski definition) is 1. The van der Waals surface area contributed by atoms with Gasteiger partial charge in [0.2, 0.25) is 5.13 Å². The molecule has 0 aromatic carbocycles. The van der Waals surface area contributed by atoms with Crippen LogP contribution >= 0.6 is 23.6 Å². The molecule has 1 aromatic rings. The second kappa shape index (κ2) is 4.11. The molecule has 2 fully saturated rings. The Morgan fingerprint density at radius 1 is 1.19 bits per heavy atom. The normalized spacial score (nSPS) is 24.1. The summed E-state index contributed by atoms with van der Waals surface area (Å²) in [6, 6.07) is 0. The molecule has 1 aliphatic heterocycles. The molecule has 1 spiro atoms. The van der Waals surface area contributed by atoms with Gasteiger partial charge in [-0.1, -0.05) is 24.2 Å². The topological polar surface area (TPSA) is 31.9 Å². The maximum Gasteiger partial charge on any atom is 0.206 e. The van der Waals surface area contributed by atoms with E-state index in [-0.39, 0.29) is 0 Å². The quantitative estimate of drug-likeness (QED) is 0.781. The summed E-state index contributed by atoms with van der Waals surface area (Å²) in [7, 11) is 0.